The molecule has 2 aromatic heterocycles. The maximum Gasteiger partial charge on any atom is 0.257 e. The minimum absolute atomic E-state index is 0.0254. The summed E-state index contributed by atoms with van der Waals surface area (Å²) >= 11 is 1.55. The maximum atomic E-state index is 12.6. The van der Waals surface area contributed by atoms with E-state index in [1.165, 1.54) is 0 Å². The van der Waals surface area contributed by atoms with Crippen molar-refractivity contribution in [2.75, 3.05) is 14.2 Å². The lowest BCUT2D eigenvalue weighted by molar-refractivity contribution is 0.0781. The summed E-state index contributed by atoms with van der Waals surface area (Å²) in [6, 6.07) is 0. The lowest BCUT2D eigenvalue weighted by Gasteiger charge is -2.16. The summed E-state index contributed by atoms with van der Waals surface area (Å²) in [4.78, 5) is 18.8. The number of carbonyl (C=O) groups is 1. The Kier molecular flexibility index (Phi) is 4.97. The predicted molar refractivity (Wildman–Crippen MR) is 86.0 cm³/mol. The normalized spacial score (nSPS) is 12.5. The molecule has 120 valence electrons. The fraction of sp³-hybridized carbons (Fsp3) is 0.533. The van der Waals surface area contributed by atoms with Crippen molar-refractivity contribution in [1.29, 1.82) is 0 Å². The topological polar surface area (TPSA) is 60.2 Å². The predicted octanol–water partition coefficient (Wildman–Crippen LogP) is 2.47. The Morgan fingerprint density at radius 1 is 1.50 bits per heavy atom. The first kappa shape index (κ1) is 16.6. The molecule has 2 rings (SSSR count). The first-order valence-electron chi connectivity index (χ1n) is 7.07. The maximum absolute atomic E-state index is 12.6. The van der Waals surface area contributed by atoms with Crippen LogP contribution in [0.15, 0.2) is 5.38 Å². The number of methoxy groups -OCH3 is 1. The fourth-order valence-corrected chi connectivity index (χ4v) is 3.11. The molecule has 0 aliphatic heterocycles. The van der Waals surface area contributed by atoms with E-state index in [1.54, 1.807) is 35.1 Å². The highest BCUT2D eigenvalue weighted by Crippen LogP contribution is 2.22. The third-order valence-corrected chi connectivity index (χ3v) is 4.79. The van der Waals surface area contributed by atoms with Gasteiger partial charge in [0.25, 0.3) is 5.91 Å². The minimum Gasteiger partial charge on any atom is -0.375 e. The van der Waals surface area contributed by atoms with Crippen LogP contribution in [0.2, 0.25) is 0 Å². The largest absolute Gasteiger partial charge is 0.375 e. The summed E-state index contributed by atoms with van der Waals surface area (Å²) in [6.45, 7) is 6.19. The van der Waals surface area contributed by atoms with E-state index in [-0.39, 0.29) is 12.0 Å². The molecule has 0 saturated carbocycles. The number of thiazole rings is 1. The smallest absolute Gasteiger partial charge is 0.257 e. The number of ether oxygens (including phenoxy) is 1. The molecule has 7 heteroatoms. The Morgan fingerprint density at radius 3 is 2.73 bits per heavy atom. The summed E-state index contributed by atoms with van der Waals surface area (Å²) < 4.78 is 7.00. The van der Waals surface area contributed by atoms with Crippen molar-refractivity contribution >= 4 is 17.2 Å². The molecule has 0 aliphatic rings. The van der Waals surface area contributed by atoms with Crippen molar-refractivity contribution in [3.8, 4) is 0 Å². The molecule has 2 aromatic rings. The average molecular weight is 322 g/mol. The van der Waals surface area contributed by atoms with Crippen LogP contribution in [0.25, 0.3) is 0 Å². The zero-order valence-electron chi connectivity index (χ0n) is 13.9. The van der Waals surface area contributed by atoms with Gasteiger partial charge >= 0.3 is 0 Å². The van der Waals surface area contributed by atoms with E-state index in [0.29, 0.717) is 12.1 Å². The summed E-state index contributed by atoms with van der Waals surface area (Å²) in [5.74, 6) is -0.0301. The molecule has 0 saturated heterocycles. The van der Waals surface area contributed by atoms with Crippen LogP contribution in [-0.2, 0) is 18.3 Å². The van der Waals surface area contributed by atoms with Gasteiger partial charge in [-0.05, 0) is 20.8 Å². The molecule has 0 spiro atoms. The molecule has 22 heavy (non-hydrogen) atoms. The fourth-order valence-electron chi connectivity index (χ4n) is 2.27. The van der Waals surface area contributed by atoms with Gasteiger partial charge in [-0.2, -0.15) is 5.10 Å². The highest BCUT2D eigenvalue weighted by atomic mass is 32.1. The Balaban J connectivity index is 2.13. The van der Waals surface area contributed by atoms with Crippen molar-refractivity contribution in [2.45, 2.75) is 33.4 Å². The molecule has 0 fully saturated rings. The van der Waals surface area contributed by atoms with E-state index in [0.717, 1.165) is 22.1 Å². The Morgan fingerprint density at radius 2 is 2.18 bits per heavy atom. The van der Waals surface area contributed by atoms with Crippen LogP contribution in [0.1, 0.15) is 45.5 Å². The van der Waals surface area contributed by atoms with Gasteiger partial charge in [0.2, 0.25) is 0 Å². The van der Waals surface area contributed by atoms with Gasteiger partial charge in [-0.3, -0.25) is 9.48 Å². The van der Waals surface area contributed by atoms with E-state index >= 15 is 0 Å². The first-order valence-corrected chi connectivity index (χ1v) is 7.95. The molecule has 0 aromatic carbocycles. The highest BCUT2D eigenvalue weighted by molar-refractivity contribution is 7.09. The van der Waals surface area contributed by atoms with Crippen LogP contribution >= 0.6 is 11.3 Å². The molecule has 0 bridgehead atoms. The average Bonchev–Trinajstić information content (AvgIpc) is 3.03. The summed E-state index contributed by atoms with van der Waals surface area (Å²) in [5.41, 5.74) is 3.18. The molecule has 0 radical (unpaired) electrons. The second kappa shape index (κ2) is 6.58. The molecular weight excluding hydrogens is 300 g/mol. The van der Waals surface area contributed by atoms with E-state index in [1.807, 2.05) is 33.2 Å². The van der Waals surface area contributed by atoms with Gasteiger partial charge in [0.05, 0.1) is 23.5 Å². The number of hydrogen-bond donors (Lipinski definition) is 0. The summed E-state index contributed by atoms with van der Waals surface area (Å²) in [7, 11) is 5.29. The molecule has 0 N–H and O–H groups in total. The Hall–Kier alpha value is -1.73. The highest BCUT2D eigenvalue weighted by Gasteiger charge is 2.21. The molecule has 2 heterocycles. The van der Waals surface area contributed by atoms with Crippen molar-refractivity contribution in [1.82, 2.24) is 19.7 Å². The quantitative estimate of drug-likeness (QED) is 0.848. The van der Waals surface area contributed by atoms with Crippen LogP contribution < -0.4 is 0 Å². The van der Waals surface area contributed by atoms with Gasteiger partial charge in [0.15, 0.2) is 0 Å². The number of aromatic nitrogens is 3. The standard InChI is InChI=1S/C15H22N4O2S/c1-9-13(10(2)19(5)17-9)15(20)18(4)7-12-8-22-14(16-12)11(3)21-6/h8,11H,7H2,1-6H3/t11-/m1/s1. The molecule has 1 atom stereocenters. The minimum atomic E-state index is -0.0301. The third-order valence-electron chi connectivity index (χ3n) is 3.74. The molecule has 0 aliphatic carbocycles. The van der Waals surface area contributed by atoms with Gasteiger partial charge in [-0.1, -0.05) is 0 Å². The van der Waals surface area contributed by atoms with Gasteiger partial charge < -0.3 is 9.64 Å². The van der Waals surface area contributed by atoms with Gasteiger partial charge in [-0.25, -0.2) is 4.98 Å². The van der Waals surface area contributed by atoms with E-state index < -0.39 is 0 Å². The molecule has 1 amide bonds. The zero-order valence-corrected chi connectivity index (χ0v) is 14.7. The van der Waals surface area contributed by atoms with Crippen molar-refractivity contribution in [3.63, 3.8) is 0 Å². The second-order valence-corrected chi connectivity index (χ2v) is 6.28. The van der Waals surface area contributed by atoms with Crippen molar-refractivity contribution in [3.05, 3.63) is 33.0 Å². The summed E-state index contributed by atoms with van der Waals surface area (Å²) in [6.07, 6.45) is -0.0254. The second-order valence-electron chi connectivity index (χ2n) is 5.39. The van der Waals surface area contributed by atoms with Gasteiger partial charge in [0, 0.05) is 32.3 Å². The van der Waals surface area contributed by atoms with E-state index in [2.05, 4.69) is 10.1 Å². The first-order chi connectivity index (χ1) is 10.3. The number of carbonyl (C=O) groups excluding carboxylic acids is 1. The van der Waals surface area contributed by atoms with Crippen LogP contribution in [0, 0.1) is 13.8 Å². The van der Waals surface area contributed by atoms with E-state index in [4.69, 9.17) is 4.74 Å². The zero-order chi connectivity index (χ0) is 16.4. The number of hydrogen-bond acceptors (Lipinski definition) is 5. The third kappa shape index (κ3) is 3.20. The SMILES string of the molecule is CO[C@H](C)c1nc(CN(C)C(=O)c2c(C)nn(C)c2C)cs1. The number of amides is 1. The lowest BCUT2D eigenvalue weighted by Crippen LogP contribution is -2.27. The number of nitrogens with zero attached hydrogens (tertiary/aromatic N) is 4. The number of aryl methyl sites for hydroxylation is 2. The van der Waals surface area contributed by atoms with Gasteiger partial charge in [-0.15, -0.1) is 11.3 Å². The molecular formula is C15H22N4O2S. The van der Waals surface area contributed by atoms with Crippen LogP contribution in [-0.4, -0.2) is 39.7 Å². The van der Waals surface area contributed by atoms with Crippen LogP contribution in [0.4, 0.5) is 0 Å². The number of rotatable bonds is 5. The lowest BCUT2D eigenvalue weighted by atomic mass is 10.1. The van der Waals surface area contributed by atoms with Crippen molar-refractivity contribution in [2.24, 2.45) is 7.05 Å². The Bertz CT molecular complexity index is 677. The van der Waals surface area contributed by atoms with Crippen LogP contribution in [0.5, 0.6) is 0 Å². The van der Waals surface area contributed by atoms with Gasteiger partial charge in [0.1, 0.15) is 11.1 Å². The summed E-state index contributed by atoms with van der Waals surface area (Å²) in [5, 5.41) is 7.19. The Labute approximate surface area is 134 Å². The van der Waals surface area contributed by atoms with E-state index in [9.17, 15) is 4.79 Å². The molecule has 6 nitrogen and oxygen atoms in total. The molecule has 0 unspecified atom stereocenters. The van der Waals surface area contributed by atoms with Crippen LogP contribution in [0.3, 0.4) is 0 Å². The monoisotopic (exact) mass is 322 g/mol. The van der Waals surface area contributed by atoms with Crippen molar-refractivity contribution < 1.29 is 9.53 Å².